The Labute approximate surface area is 114 Å². The van der Waals surface area contributed by atoms with E-state index in [0.717, 1.165) is 0 Å². The van der Waals surface area contributed by atoms with E-state index in [4.69, 9.17) is 16.9 Å². The normalized spacial score (nSPS) is 10.4. The molecule has 0 aliphatic heterocycles. The van der Waals surface area contributed by atoms with E-state index in [1.54, 1.807) is 24.3 Å². The molecule has 6 heteroatoms. The van der Waals surface area contributed by atoms with Gasteiger partial charge in [0.15, 0.2) is 0 Å². The smallest absolute Gasteiger partial charge is 0.141 e. The number of benzene rings is 2. The van der Waals surface area contributed by atoms with Crippen LogP contribution < -0.4 is 5.43 Å². The number of hydrogen-bond acceptors (Lipinski definition) is 3. The number of halogens is 2. The quantitative estimate of drug-likeness (QED) is 0.663. The molecule has 0 saturated heterocycles. The molecule has 0 bridgehead atoms. The molecule has 94 valence electrons. The number of nitrogens with one attached hydrogen (secondary N) is 1. The third-order valence-corrected chi connectivity index (χ3v) is 2.57. The van der Waals surface area contributed by atoms with E-state index < -0.39 is 5.82 Å². The minimum absolute atomic E-state index is 0.00220. The van der Waals surface area contributed by atoms with Crippen LogP contribution in [0.5, 0.6) is 0 Å². The minimum atomic E-state index is -0.501. The summed E-state index contributed by atoms with van der Waals surface area (Å²) < 4.78 is 12.9. The Morgan fingerprint density at radius 1 is 1.21 bits per heavy atom. The van der Waals surface area contributed by atoms with Crippen LogP contribution in [0.15, 0.2) is 52.8 Å². The molecule has 2 aromatic carbocycles. The highest BCUT2D eigenvalue weighted by Crippen LogP contribution is 2.21. The van der Waals surface area contributed by atoms with Crippen molar-refractivity contribution in [1.82, 2.24) is 0 Å². The van der Waals surface area contributed by atoms with Crippen molar-refractivity contribution in [3.63, 3.8) is 0 Å². The SMILES string of the molecule is N#Cc1ccccc1N=NNc1ccc(F)c(Cl)c1. The fourth-order valence-corrected chi connectivity index (χ4v) is 1.54. The Kier molecular flexibility index (Phi) is 4.06. The molecule has 0 saturated carbocycles. The second kappa shape index (κ2) is 5.94. The number of hydrogen-bond donors (Lipinski definition) is 1. The lowest BCUT2D eigenvalue weighted by atomic mass is 10.2. The van der Waals surface area contributed by atoms with Crippen LogP contribution in [-0.2, 0) is 0 Å². The number of nitriles is 1. The maximum Gasteiger partial charge on any atom is 0.141 e. The van der Waals surface area contributed by atoms with Crippen molar-refractivity contribution in [2.75, 3.05) is 5.43 Å². The Hall–Kier alpha value is -2.45. The molecule has 0 unspecified atom stereocenters. The van der Waals surface area contributed by atoms with Crippen molar-refractivity contribution >= 4 is 23.0 Å². The zero-order valence-electron chi connectivity index (χ0n) is 9.64. The first kappa shape index (κ1) is 13.0. The summed E-state index contributed by atoms with van der Waals surface area (Å²) in [7, 11) is 0. The zero-order valence-corrected chi connectivity index (χ0v) is 10.4. The summed E-state index contributed by atoms with van der Waals surface area (Å²) in [6.45, 7) is 0. The largest absolute Gasteiger partial charge is 0.260 e. The van der Waals surface area contributed by atoms with Crippen LogP contribution in [0, 0.1) is 17.1 Å². The van der Waals surface area contributed by atoms with Gasteiger partial charge in [0.2, 0.25) is 0 Å². The number of rotatable bonds is 3. The number of nitrogens with zero attached hydrogens (tertiary/aromatic N) is 3. The molecule has 2 aromatic rings. The van der Waals surface area contributed by atoms with Gasteiger partial charge in [0.05, 0.1) is 16.3 Å². The van der Waals surface area contributed by atoms with Gasteiger partial charge >= 0.3 is 0 Å². The molecule has 0 fully saturated rings. The third kappa shape index (κ3) is 3.27. The summed E-state index contributed by atoms with van der Waals surface area (Å²) >= 11 is 5.63. The van der Waals surface area contributed by atoms with Crippen molar-refractivity contribution in [3.8, 4) is 6.07 Å². The van der Waals surface area contributed by atoms with Crippen LogP contribution >= 0.6 is 11.6 Å². The molecule has 0 radical (unpaired) electrons. The van der Waals surface area contributed by atoms with Crippen LogP contribution in [-0.4, -0.2) is 0 Å². The van der Waals surface area contributed by atoms with E-state index in [1.807, 2.05) is 6.07 Å². The first-order valence-electron chi connectivity index (χ1n) is 5.31. The standard InChI is InChI=1S/C13H8ClFN4/c14-11-7-10(5-6-12(11)15)17-19-18-13-4-2-1-3-9(13)8-16/h1-7H,(H,17,18). The molecule has 0 amide bonds. The fraction of sp³-hybridized carbons (Fsp3) is 0. The zero-order chi connectivity index (χ0) is 13.7. The van der Waals surface area contributed by atoms with Gasteiger partial charge in [-0.3, -0.25) is 5.43 Å². The molecule has 1 N–H and O–H groups in total. The molecule has 19 heavy (non-hydrogen) atoms. The lowest BCUT2D eigenvalue weighted by molar-refractivity contribution is 0.628. The number of anilines is 1. The highest BCUT2D eigenvalue weighted by Gasteiger charge is 2.00. The molecular formula is C13H8ClFN4. The predicted octanol–water partition coefficient (Wildman–Crippen LogP) is 4.46. The van der Waals surface area contributed by atoms with E-state index in [-0.39, 0.29) is 5.02 Å². The van der Waals surface area contributed by atoms with Crippen molar-refractivity contribution in [1.29, 1.82) is 5.26 Å². The minimum Gasteiger partial charge on any atom is -0.260 e. The molecule has 0 heterocycles. The molecule has 0 spiro atoms. The highest BCUT2D eigenvalue weighted by molar-refractivity contribution is 6.31. The van der Waals surface area contributed by atoms with Gasteiger partial charge in [-0.05, 0) is 30.3 Å². The van der Waals surface area contributed by atoms with Crippen LogP contribution in [0.1, 0.15) is 5.56 Å². The fourth-order valence-electron chi connectivity index (χ4n) is 1.36. The summed E-state index contributed by atoms with van der Waals surface area (Å²) in [6, 6.07) is 12.9. The van der Waals surface area contributed by atoms with Gasteiger partial charge in [-0.1, -0.05) is 29.0 Å². The Bertz CT molecular complexity index is 664. The van der Waals surface area contributed by atoms with Gasteiger partial charge in [-0.15, -0.1) is 5.11 Å². The lowest BCUT2D eigenvalue weighted by Gasteiger charge is -2.00. The van der Waals surface area contributed by atoms with Gasteiger partial charge in [-0.2, -0.15) is 5.26 Å². The molecule has 0 aromatic heterocycles. The first-order chi connectivity index (χ1) is 9.20. The van der Waals surface area contributed by atoms with Crippen molar-refractivity contribution in [3.05, 3.63) is 58.9 Å². The van der Waals surface area contributed by atoms with E-state index >= 15 is 0 Å². The lowest BCUT2D eigenvalue weighted by Crippen LogP contribution is -1.87. The Morgan fingerprint density at radius 2 is 2.00 bits per heavy atom. The van der Waals surface area contributed by atoms with E-state index in [1.165, 1.54) is 18.2 Å². The Morgan fingerprint density at radius 3 is 2.74 bits per heavy atom. The van der Waals surface area contributed by atoms with Gasteiger partial charge in [0, 0.05) is 0 Å². The van der Waals surface area contributed by atoms with Crippen LogP contribution in [0.25, 0.3) is 0 Å². The molecular weight excluding hydrogens is 267 g/mol. The van der Waals surface area contributed by atoms with Crippen molar-refractivity contribution in [2.45, 2.75) is 0 Å². The molecule has 0 aliphatic rings. The third-order valence-electron chi connectivity index (χ3n) is 2.28. The summed E-state index contributed by atoms with van der Waals surface area (Å²) in [6.07, 6.45) is 0. The monoisotopic (exact) mass is 274 g/mol. The predicted molar refractivity (Wildman–Crippen MR) is 70.7 cm³/mol. The maximum absolute atomic E-state index is 12.9. The summed E-state index contributed by atoms with van der Waals surface area (Å²) in [4.78, 5) is 0. The van der Waals surface area contributed by atoms with Gasteiger partial charge in [0.25, 0.3) is 0 Å². The second-order valence-electron chi connectivity index (χ2n) is 3.57. The molecule has 0 aliphatic carbocycles. The van der Waals surface area contributed by atoms with Crippen LogP contribution in [0.2, 0.25) is 5.02 Å². The van der Waals surface area contributed by atoms with Crippen molar-refractivity contribution in [2.24, 2.45) is 10.3 Å². The highest BCUT2D eigenvalue weighted by atomic mass is 35.5. The average Bonchev–Trinajstić information content (AvgIpc) is 2.43. The summed E-state index contributed by atoms with van der Waals surface area (Å²) in [5, 5.41) is 16.5. The topological polar surface area (TPSA) is 60.5 Å². The molecule has 2 rings (SSSR count). The van der Waals surface area contributed by atoms with Crippen LogP contribution in [0.4, 0.5) is 15.8 Å². The maximum atomic E-state index is 12.9. The summed E-state index contributed by atoms with van der Waals surface area (Å²) in [5.74, 6) is -0.501. The van der Waals surface area contributed by atoms with Gasteiger partial charge < -0.3 is 0 Å². The Balaban J connectivity index is 2.12. The average molecular weight is 275 g/mol. The van der Waals surface area contributed by atoms with Gasteiger partial charge in [-0.25, -0.2) is 4.39 Å². The molecule has 4 nitrogen and oxygen atoms in total. The van der Waals surface area contributed by atoms with E-state index in [0.29, 0.717) is 16.9 Å². The second-order valence-corrected chi connectivity index (χ2v) is 3.98. The van der Waals surface area contributed by atoms with Crippen molar-refractivity contribution < 1.29 is 4.39 Å². The first-order valence-corrected chi connectivity index (χ1v) is 5.69. The van der Waals surface area contributed by atoms with E-state index in [2.05, 4.69) is 15.8 Å². The van der Waals surface area contributed by atoms with Crippen LogP contribution in [0.3, 0.4) is 0 Å². The van der Waals surface area contributed by atoms with Gasteiger partial charge in [0.1, 0.15) is 17.6 Å². The summed E-state index contributed by atoms with van der Waals surface area (Å²) in [5.41, 5.74) is 3.99. The molecule has 0 atom stereocenters. The van der Waals surface area contributed by atoms with E-state index in [9.17, 15) is 4.39 Å².